The number of hydrogen-bond acceptors (Lipinski definition) is 3. The lowest BCUT2D eigenvalue weighted by Crippen LogP contribution is -2.02. The molecule has 4 heteroatoms. The number of halogens is 1. The lowest BCUT2D eigenvalue weighted by atomic mass is 10.1. The smallest absolute Gasteiger partial charge is 0.135 e. The van der Waals surface area contributed by atoms with Crippen LogP contribution in [-0.4, -0.2) is 9.97 Å². The summed E-state index contributed by atoms with van der Waals surface area (Å²) >= 11 is 3.43. The Balaban J connectivity index is 2.29. The normalized spacial score (nSPS) is 10.8. The van der Waals surface area contributed by atoms with Crippen LogP contribution in [0.25, 0.3) is 0 Å². The first-order valence-electron chi connectivity index (χ1n) is 6.34. The lowest BCUT2D eigenvalue weighted by Gasteiger charge is -2.11. The van der Waals surface area contributed by atoms with Gasteiger partial charge in [-0.05, 0) is 53.0 Å². The lowest BCUT2D eigenvalue weighted by molar-refractivity contribution is 0.771. The van der Waals surface area contributed by atoms with Crippen molar-refractivity contribution in [3.63, 3.8) is 0 Å². The molecule has 19 heavy (non-hydrogen) atoms. The molecular weight excluding hydrogens is 302 g/mol. The number of aryl methyl sites for hydroxylation is 2. The average molecular weight is 320 g/mol. The highest BCUT2D eigenvalue weighted by Gasteiger charge is 2.07. The molecule has 0 fully saturated rings. The minimum absolute atomic E-state index is 0.304. The van der Waals surface area contributed by atoms with Gasteiger partial charge in [-0.15, -0.1) is 0 Å². The third-order valence-corrected chi connectivity index (χ3v) is 3.41. The molecule has 2 rings (SSSR count). The van der Waals surface area contributed by atoms with Gasteiger partial charge in [0.05, 0.1) is 0 Å². The van der Waals surface area contributed by atoms with E-state index in [9.17, 15) is 0 Å². The molecule has 0 unspecified atom stereocenters. The maximum Gasteiger partial charge on any atom is 0.135 e. The van der Waals surface area contributed by atoms with Crippen molar-refractivity contribution in [1.82, 2.24) is 9.97 Å². The quantitative estimate of drug-likeness (QED) is 0.831. The number of rotatable bonds is 3. The highest BCUT2D eigenvalue weighted by Crippen LogP contribution is 2.22. The van der Waals surface area contributed by atoms with Gasteiger partial charge >= 0.3 is 0 Å². The number of hydrogen-bond donors (Lipinski definition) is 1. The predicted octanol–water partition coefficient (Wildman–Crippen LogP) is 4.72. The highest BCUT2D eigenvalue weighted by molar-refractivity contribution is 9.10. The maximum atomic E-state index is 4.53. The maximum absolute atomic E-state index is 4.53. The molecule has 3 nitrogen and oxygen atoms in total. The van der Waals surface area contributed by atoms with Crippen LogP contribution in [0.4, 0.5) is 11.5 Å². The largest absolute Gasteiger partial charge is 0.340 e. The van der Waals surface area contributed by atoms with Crippen molar-refractivity contribution >= 4 is 27.4 Å². The molecule has 1 N–H and O–H groups in total. The monoisotopic (exact) mass is 319 g/mol. The highest BCUT2D eigenvalue weighted by atomic mass is 79.9. The SMILES string of the molecule is Cc1ccc(Nc2cc(Br)nc(C(C)C)n2)cc1C. The van der Waals surface area contributed by atoms with E-state index in [-0.39, 0.29) is 0 Å². The van der Waals surface area contributed by atoms with E-state index in [1.165, 1.54) is 11.1 Å². The molecule has 1 aromatic carbocycles. The first-order valence-corrected chi connectivity index (χ1v) is 7.14. The summed E-state index contributed by atoms with van der Waals surface area (Å²) in [6.45, 7) is 8.39. The van der Waals surface area contributed by atoms with E-state index in [0.29, 0.717) is 5.92 Å². The predicted molar refractivity (Wildman–Crippen MR) is 83.0 cm³/mol. The summed E-state index contributed by atoms with van der Waals surface area (Å²) in [7, 11) is 0. The summed E-state index contributed by atoms with van der Waals surface area (Å²) in [5, 5.41) is 3.33. The number of benzene rings is 1. The van der Waals surface area contributed by atoms with Crippen LogP contribution < -0.4 is 5.32 Å². The third kappa shape index (κ3) is 3.53. The van der Waals surface area contributed by atoms with Crippen molar-refractivity contribution in [3.05, 3.63) is 45.8 Å². The molecule has 0 atom stereocenters. The second-order valence-electron chi connectivity index (χ2n) is 5.01. The molecule has 0 amide bonds. The zero-order valence-corrected chi connectivity index (χ0v) is 13.2. The minimum Gasteiger partial charge on any atom is -0.340 e. The van der Waals surface area contributed by atoms with E-state index in [4.69, 9.17) is 0 Å². The van der Waals surface area contributed by atoms with Crippen LogP contribution in [0.5, 0.6) is 0 Å². The average Bonchev–Trinajstić information content (AvgIpc) is 2.33. The van der Waals surface area contributed by atoms with Crippen LogP contribution >= 0.6 is 15.9 Å². The van der Waals surface area contributed by atoms with Crippen molar-refractivity contribution in [3.8, 4) is 0 Å². The molecule has 0 saturated carbocycles. The molecule has 0 radical (unpaired) electrons. The Hall–Kier alpha value is -1.42. The second kappa shape index (κ2) is 5.70. The first kappa shape index (κ1) is 14.0. The fourth-order valence-electron chi connectivity index (χ4n) is 1.72. The Morgan fingerprint density at radius 3 is 2.42 bits per heavy atom. The van der Waals surface area contributed by atoms with Gasteiger partial charge in [0, 0.05) is 17.7 Å². The molecule has 0 bridgehead atoms. The Morgan fingerprint density at radius 1 is 1.05 bits per heavy atom. The van der Waals surface area contributed by atoms with Crippen LogP contribution in [-0.2, 0) is 0 Å². The Morgan fingerprint density at radius 2 is 1.79 bits per heavy atom. The number of aromatic nitrogens is 2. The molecule has 0 aliphatic rings. The van der Waals surface area contributed by atoms with E-state index >= 15 is 0 Å². The third-order valence-electron chi connectivity index (χ3n) is 3.01. The van der Waals surface area contributed by atoms with Crippen LogP contribution in [0.2, 0.25) is 0 Å². The van der Waals surface area contributed by atoms with Crippen molar-refractivity contribution < 1.29 is 0 Å². The molecule has 100 valence electrons. The summed E-state index contributed by atoms with van der Waals surface area (Å²) in [4.78, 5) is 8.90. The van der Waals surface area contributed by atoms with E-state index in [0.717, 1.165) is 21.9 Å². The van der Waals surface area contributed by atoms with E-state index in [1.807, 2.05) is 6.07 Å². The van der Waals surface area contributed by atoms with Crippen LogP contribution in [0, 0.1) is 13.8 Å². The van der Waals surface area contributed by atoms with Gasteiger partial charge in [-0.1, -0.05) is 19.9 Å². The molecule has 2 aromatic rings. The topological polar surface area (TPSA) is 37.8 Å². The fourth-order valence-corrected chi connectivity index (χ4v) is 2.12. The van der Waals surface area contributed by atoms with Crippen molar-refractivity contribution in [2.75, 3.05) is 5.32 Å². The standard InChI is InChI=1S/C15H18BrN3/c1-9(2)15-18-13(16)8-14(19-15)17-12-6-5-10(3)11(4)7-12/h5-9H,1-4H3,(H,17,18,19). The van der Waals surface area contributed by atoms with Crippen LogP contribution in [0.15, 0.2) is 28.9 Å². The van der Waals surface area contributed by atoms with Crippen LogP contribution in [0.3, 0.4) is 0 Å². The van der Waals surface area contributed by atoms with Gasteiger partial charge in [-0.3, -0.25) is 0 Å². The minimum atomic E-state index is 0.304. The molecule has 1 heterocycles. The molecule has 0 aliphatic carbocycles. The summed E-state index contributed by atoms with van der Waals surface area (Å²) < 4.78 is 0.803. The fraction of sp³-hybridized carbons (Fsp3) is 0.333. The summed E-state index contributed by atoms with van der Waals surface area (Å²) in [6.07, 6.45) is 0. The molecule has 0 saturated heterocycles. The van der Waals surface area contributed by atoms with Gasteiger partial charge in [0.15, 0.2) is 0 Å². The van der Waals surface area contributed by atoms with Crippen molar-refractivity contribution in [1.29, 1.82) is 0 Å². The first-order chi connectivity index (χ1) is 8.95. The van der Waals surface area contributed by atoms with Crippen LogP contribution in [0.1, 0.15) is 36.7 Å². The molecule has 0 spiro atoms. The molecular formula is C15H18BrN3. The van der Waals surface area contributed by atoms with E-state index in [2.05, 4.69) is 77.1 Å². The van der Waals surface area contributed by atoms with Gasteiger partial charge in [0.2, 0.25) is 0 Å². The second-order valence-corrected chi connectivity index (χ2v) is 5.83. The number of anilines is 2. The molecule has 0 aliphatic heterocycles. The summed E-state index contributed by atoms with van der Waals surface area (Å²) in [5.41, 5.74) is 3.60. The molecule has 1 aromatic heterocycles. The zero-order chi connectivity index (χ0) is 14.0. The van der Waals surface area contributed by atoms with Gasteiger partial charge in [-0.25, -0.2) is 9.97 Å². The van der Waals surface area contributed by atoms with E-state index in [1.54, 1.807) is 0 Å². The Labute approximate surface area is 122 Å². The van der Waals surface area contributed by atoms with Gasteiger partial charge in [0.25, 0.3) is 0 Å². The van der Waals surface area contributed by atoms with Gasteiger partial charge in [0.1, 0.15) is 16.2 Å². The van der Waals surface area contributed by atoms with Gasteiger partial charge in [-0.2, -0.15) is 0 Å². The van der Waals surface area contributed by atoms with Gasteiger partial charge < -0.3 is 5.32 Å². The zero-order valence-electron chi connectivity index (χ0n) is 11.7. The van der Waals surface area contributed by atoms with Crippen molar-refractivity contribution in [2.45, 2.75) is 33.6 Å². The Kier molecular flexibility index (Phi) is 4.20. The summed E-state index contributed by atoms with van der Waals surface area (Å²) in [6, 6.07) is 8.19. The van der Waals surface area contributed by atoms with E-state index < -0.39 is 0 Å². The number of nitrogens with one attached hydrogen (secondary N) is 1. The van der Waals surface area contributed by atoms with Crippen molar-refractivity contribution in [2.24, 2.45) is 0 Å². The number of nitrogens with zero attached hydrogens (tertiary/aromatic N) is 2. The Bertz CT molecular complexity index is 594. The summed E-state index contributed by atoms with van der Waals surface area (Å²) in [5.74, 6) is 1.95.